The monoisotopic (exact) mass is 222 g/mol. The zero-order chi connectivity index (χ0) is 12.2. The Labute approximate surface area is 97.9 Å². The lowest BCUT2D eigenvalue weighted by Crippen LogP contribution is -2.19. The second kappa shape index (κ2) is 5.46. The first kappa shape index (κ1) is 13.2. The van der Waals surface area contributed by atoms with Gasteiger partial charge in [-0.1, -0.05) is 31.2 Å². The van der Waals surface area contributed by atoms with E-state index in [9.17, 15) is 5.11 Å². The predicted octanol–water partition coefficient (Wildman–Crippen LogP) is 2.49. The van der Waals surface area contributed by atoms with E-state index < -0.39 is 5.60 Å². The number of rotatable bonds is 5. The van der Waals surface area contributed by atoms with Gasteiger partial charge < -0.3 is 10.2 Å². The van der Waals surface area contributed by atoms with E-state index >= 15 is 0 Å². The highest BCUT2D eigenvalue weighted by Crippen LogP contribution is 2.17. The highest BCUT2D eigenvalue weighted by atomic mass is 16.3. The van der Waals surface area contributed by atoms with Crippen molar-refractivity contribution in [1.29, 1.82) is 0 Å². The van der Waals surface area contributed by atoms with Crippen molar-refractivity contribution < 1.29 is 10.2 Å². The van der Waals surface area contributed by atoms with Gasteiger partial charge in [0.05, 0.1) is 5.60 Å². The Morgan fingerprint density at radius 2 is 1.75 bits per heavy atom. The Balaban J connectivity index is 2.58. The molecule has 0 amide bonds. The molecule has 0 saturated heterocycles. The number of hydrogen-bond donors (Lipinski definition) is 2. The Morgan fingerprint density at radius 1 is 1.19 bits per heavy atom. The van der Waals surface area contributed by atoms with Gasteiger partial charge in [0.25, 0.3) is 0 Å². The average Bonchev–Trinajstić information content (AvgIpc) is 2.25. The molecule has 0 heterocycles. The fourth-order valence-electron chi connectivity index (χ4n) is 1.57. The quantitative estimate of drug-likeness (QED) is 0.803. The molecule has 2 heteroatoms. The number of aryl methyl sites for hydroxylation is 1. The largest absolute Gasteiger partial charge is 0.396 e. The number of aliphatic hydroxyl groups excluding tert-OH is 1. The lowest BCUT2D eigenvalue weighted by molar-refractivity contribution is 0.0714. The van der Waals surface area contributed by atoms with Gasteiger partial charge in [-0.05, 0) is 37.8 Å². The van der Waals surface area contributed by atoms with Gasteiger partial charge >= 0.3 is 0 Å². The molecule has 0 aromatic heterocycles. The van der Waals surface area contributed by atoms with Gasteiger partial charge in [0.15, 0.2) is 0 Å². The molecule has 90 valence electrons. The van der Waals surface area contributed by atoms with Crippen molar-refractivity contribution in [3.05, 3.63) is 35.4 Å². The number of hydrogen-bond acceptors (Lipinski definition) is 2. The Morgan fingerprint density at radius 3 is 2.19 bits per heavy atom. The Kier molecular flexibility index (Phi) is 4.51. The average molecular weight is 222 g/mol. The highest BCUT2D eigenvalue weighted by molar-refractivity contribution is 5.25. The summed E-state index contributed by atoms with van der Waals surface area (Å²) in [6.45, 7) is 5.85. The smallest absolute Gasteiger partial charge is 0.0594 e. The Hall–Kier alpha value is -0.860. The summed E-state index contributed by atoms with van der Waals surface area (Å²) in [7, 11) is 0. The predicted molar refractivity (Wildman–Crippen MR) is 66.6 cm³/mol. The van der Waals surface area contributed by atoms with Crippen molar-refractivity contribution >= 4 is 0 Å². The third kappa shape index (κ3) is 4.33. The van der Waals surface area contributed by atoms with Crippen molar-refractivity contribution in [2.24, 2.45) is 0 Å². The Bertz CT molecular complexity index is 309. The fourth-order valence-corrected chi connectivity index (χ4v) is 1.57. The van der Waals surface area contributed by atoms with Crippen LogP contribution in [0, 0.1) is 0 Å². The van der Waals surface area contributed by atoms with Crippen molar-refractivity contribution in [2.75, 3.05) is 6.61 Å². The van der Waals surface area contributed by atoms with E-state index in [4.69, 9.17) is 5.11 Å². The molecule has 0 spiro atoms. The summed E-state index contributed by atoms with van der Waals surface area (Å²) in [6, 6.07) is 8.27. The standard InChI is InChI=1S/C14H22O2/c1-11(10-15)13-6-4-12(5-7-13)8-9-14(2,3)16/h4-7,11,15-16H,8-10H2,1-3H3. The van der Waals surface area contributed by atoms with Crippen LogP contribution in [0.4, 0.5) is 0 Å². The molecule has 1 unspecified atom stereocenters. The maximum atomic E-state index is 9.63. The third-order valence-corrected chi connectivity index (χ3v) is 2.85. The molecule has 0 aliphatic carbocycles. The van der Waals surface area contributed by atoms with Crippen LogP contribution in [0.5, 0.6) is 0 Å². The van der Waals surface area contributed by atoms with E-state index in [2.05, 4.69) is 24.3 Å². The topological polar surface area (TPSA) is 40.5 Å². The molecule has 1 atom stereocenters. The first-order chi connectivity index (χ1) is 7.42. The number of aliphatic hydroxyl groups is 2. The van der Waals surface area contributed by atoms with Crippen molar-refractivity contribution in [3.8, 4) is 0 Å². The van der Waals surface area contributed by atoms with Crippen molar-refractivity contribution in [3.63, 3.8) is 0 Å². The maximum absolute atomic E-state index is 9.63. The van der Waals surface area contributed by atoms with Gasteiger partial charge in [0, 0.05) is 12.5 Å². The molecule has 16 heavy (non-hydrogen) atoms. The van der Waals surface area contributed by atoms with Crippen LogP contribution in [0.15, 0.2) is 24.3 Å². The molecule has 1 aromatic carbocycles. The summed E-state index contributed by atoms with van der Waals surface area (Å²) in [6.07, 6.45) is 1.65. The van der Waals surface area contributed by atoms with Crippen LogP contribution in [0.2, 0.25) is 0 Å². The molecule has 1 rings (SSSR count). The zero-order valence-corrected chi connectivity index (χ0v) is 10.4. The SMILES string of the molecule is CC(CO)c1ccc(CCC(C)(C)O)cc1. The summed E-state index contributed by atoms with van der Waals surface area (Å²) < 4.78 is 0. The zero-order valence-electron chi connectivity index (χ0n) is 10.4. The van der Waals surface area contributed by atoms with E-state index in [-0.39, 0.29) is 12.5 Å². The van der Waals surface area contributed by atoms with Crippen LogP contribution in [0.1, 0.15) is 44.2 Å². The lowest BCUT2D eigenvalue weighted by atomic mass is 9.96. The normalized spacial score (nSPS) is 13.8. The minimum absolute atomic E-state index is 0.184. The van der Waals surface area contributed by atoms with E-state index in [1.54, 1.807) is 0 Å². The molecule has 0 aliphatic rings. The van der Waals surface area contributed by atoms with Gasteiger partial charge in [-0.2, -0.15) is 0 Å². The maximum Gasteiger partial charge on any atom is 0.0594 e. The van der Waals surface area contributed by atoms with E-state index in [0.717, 1.165) is 18.4 Å². The van der Waals surface area contributed by atoms with Crippen molar-refractivity contribution in [2.45, 2.75) is 45.1 Å². The molecular formula is C14H22O2. The van der Waals surface area contributed by atoms with Crippen LogP contribution < -0.4 is 0 Å². The molecule has 2 N–H and O–H groups in total. The van der Waals surface area contributed by atoms with Gasteiger partial charge in [-0.3, -0.25) is 0 Å². The highest BCUT2D eigenvalue weighted by Gasteiger charge is 2.12. The van der Waals surface area contributed by atoms with Crippen LogP contribution >= 0.6 is 0 Å². The first-order valence-electron chi connectivity index (χ1n) is 5.84. The summed E-state index contributed by atoms with van der Waals surface area (Å²) in [5.41, 5.74) is 1.79. The lowest BCUT2D eigenvalue weighted by Gasteiger charge is -2.17. The molecule has 0 saturated carbocycles. The van der Waals surface area contributed by atoms with Crippen LogP contribution in [0.25, 0.3) is 0 Å². The fraction of sp³-hybridized carbons (Fsp3) is 0.571. The summed E-state index contributed by atoms with van der Waals surface area (Å²) in [5, 5.41) is 18.7. The first-order valence-corrected chi connectivity index (χ1v) is 5.84. The second-order valence-corrected chi connectivity index (χ2v) is 5.14. The van der Waals surface area contributed by atoms with Gasteiger partial charge in [0.1, 0.15) is 0 Å². The molecule has 2 nitrogen and oxygen atoms in total. The third-order valence-electron chi connectivity index (χ3n) is 2.85. The molecule has 0 radical (unpaired) electrons. The van der Waals surface area contributed by atoms with Crippen LogP contribution in [-0.4, -0.2) is 22.4 Å². The van der Waals surface area contributed by atoms with Crippen molar-refractivity contribution in [1.82, 2.24) is 0 Å². The summed E-state index contributed by atoms with van der Waals surface area (Å²) >= 11 is 0. The van der Waals surface area contributed by atoms with Gasteiger partial charge in [0.2, 0.25) is 0 Å². The van der Waals surface area contributed by atoms with Gasteiger partial charge in [-0.15, -0.1) is 0 Å². The molecule has 0 fully saturated rings. The van der Waals surface area contributed by atoms with Crippen LogP contribution in [-0.2, 0) is 6.42 Å². The van der Waals surface area contributed by atoms with Gasteiger partial charge in [-0.25, -0.2) is 0 Å². The van der Waals surface area contributed by atoms with E-state index in [0.29, 0.717) is 0 Å². The molecule has 0 aliphatic heterocycles. The van der Waals surface area contributed by atoms with Crippen LogP contribution in [0.3, 0.4) is 0 Å². The van der Waals surface area contributed by atoms with E-state index in [1.165, 1.54) is 5.56 Å². The molecule has 1 aromatic rings. The van der Waals surface area contributed by atoms with E-state index in [1.807, 2.05) is 20.8 Å². The minimum atomic E-state index is -0.600. The molecule has 0 bridgehead atoms. The second-order valence-electron chi connectivity index (χ2n) is 5.14. The summed E-state index contributed by atoms with van der Waals surface area (Å²) in [4.78, 5) is 0. The minimum Gasteiger partial charge on any atom is -0.396 e. The molecular weight excluding hydrogens is 200 g/mol. The number of benzene rings is 1. The summed E-state index contributed by atoms with van der Waals surface area (Å²) in [5.74, 6) is 0.198.